The molecule has 26 heavy (non-hydrogen) atoms. The van der Waals surface area contributed by atoms with Gasteiger partial charge in [0.25, 0.3) is 0 Å². The second-order valence-corrected chi connectivity index (χ2v) is 7.16. The zero-order chi connectivity index (χ0) is 18.1. The lowest BCUT2D eigenvalue weighted by Gasteiger charge is -2.09. The molecule has 2 heterocycles. The van der Waals surface area contributed by atoms with Crippen LogP contribution in [0, 0.1) is 5.41 Å². The maximum Gasteiger partial charge on any atom is 0.226 e. The van der Waals surface area contributed by atoms with E-state index in [1.807, 2.05) is 13.0 Å². The number of methoxy groups -OCH3 is 1. The van der Waals surface area contributed by atoms with Crippen LogP contribution in [0.4, 0.5) is 0 Å². The summed E-state index contributed by atoms with van der Waals surface area (Å²) < 4.78 is 5.55. The summed E-state index contributed by atoms with van der Waals surface area (Å²) in [6.45, 7) is 3.22. The van der Waals surface area contributed by atoms with Gasteiger partial charge < -0.3 is 15.0 Å². The first-order valence-electron chi connectivity index (χ1n) is 8.88. The normalized spacial score (nSPS) is 15.2. The van der Waals surface area contributed by atoms with Crippen molar-refractivity contribution in [2.45, 2.75) is 39.3 Å². The molecule has 0 aliphatic heterocycles. The Balaban J connectivity index is 1.50. The van der Waals surface area contributed by atoms with Crippen LogP contribution in [0.15, 0.2) is 30.6 Å². The lowest BCUT2D eigenvalue weighted by Crippen LogP contribution is -2.29. The van der Waals surface area contributed by atoms with Crippen molar-refractivity contribution in [2.24, 2.45) is 5.41 Å². The topological polar surface area (TPSA) is 84.8 Å². The van der Waals surface area contributed by atoms with Crippen LogP contribution >= 0.6 is 0 Å². The van der Waals surface area contributed by atoms with Gasteiger partial charge in [-0.05, 0) is 43.0 Å². The van der Waals surface area contributed by atoms with Crippen LogP contribution in [0.3, 0.4) is 0 Å². The number of fused-ring (bicyclic) bond motifs is 1. The molecular weight excluding hydrogens is 330 g/mol. The van der Waals surface area contributed by atoms with Gasteiger partial charge in [-0.2, -0.15) is 15.0 Å². The number of carbonyl (C=O) groups is 1. The molecule has 7 heteroatoms. The summed E-state index contributed by atoms with van der Waals surface area (Å²) in [6.07, 6.45) is 6.09. The molecule has 7 nitrogen and oxygen atoms in total. The molecule has 0 unspecified atom stereocenters. The van der Waals surface area contributed by atoms with Gasteiger partial charge in [-0.25, -0.2) is 0 Å². The van der Waals surface area contributed by atoms with Crippen molar-refractivity contribution in [3.8, 4) is 5.75 Å². The number of nitrogens with one attached hydrogen (secondary N) is 2. The van der Waals surface area contributed by atoms with Gasteiger partial charge in [0.05, 0.1) is 32.6 Å². The van der Waals surface area contributed by atoms with Gasteiger partial charge >= 0.3 is 0 Å². The summed E-state index contributed by atoms with van der Waals surface area (Å²) in [6, 6.07) is 6.20. The number of nitrogens with zero attached hydrogens (tertiary/aromatic N) is 3. The maximum absolute atomic E-state index is 12.1. The molecule has 4 rings (SSSR count). The van der Waals surface area contributed by atoms with Crippen LogP contribution < -0.4 is 10.1 Å². The number of aromatic nitrogens is 4. The molecule has 0 bridgehead atoms. The number of ether oxygens (including phenoxy) is 1. The van der Waals surface area contributed by atoms with Crippen LogP contribution in [-0.4, -0.2) is 33.0 Å². The highest BCUT2D eigenvalue weighted by molar-refractivity contribution is 5.85. The Morgan fingerprint density at radius 1 is 1.31 bits per heavy atom. The van der Waals surface area contributed by atoms with Gasteiger partial charge in [0, 0.05) is 22.0 Å². The van der Waals surface area contributed by atoms with E-state index in [9.17, 15) is 4.79 Å². The number of hydrogen-bond donors (Lipinski definition) is 2. The summed E-state index contributed by atoms with van der Waals surface area (Å²) in [5, 5.41) is 12.4. The fourth-order valence-corrected chi connectivity index (χ4v) is 3.13. The Morgan fingerprint density at radius 3 is 2.77 bits per heavy atom. The standard InChI is InChI=1S/C19H23N5O2/c1-19(4-5-19)18(25)20-12-15-9-14-11-17(26-2)13(10-16(14)23-15)3-8-24-21-6-7-22-24/h6-7,9-11,23H,3-5,8,12H2,1-2H3,(H,20,25). The second-order valence-electron chi connectivity index (χ2n) is 7.16. The number of hydrogen-bond acceptors (Lipinski definition) is 4. The van der Waals surface area contributed by atoms with Crippen molar-refractivity contribution in [3.05, 3.63) is 41.9 Å². The van der Waals surface area contributed by atoms with Crippen LogP contribution in [0.25, 0.3) is 10.9 Å². The lowest BCUT2D eigenvalue weighted by molar-refractivity contribution is -0.125. The molecule has 0 saturated heterocycles. The summed E-state index contributed by atoms with van der Waals surface area (Å²) in [5.41, 5.74) is 2.98. The molecule has 1 saturated carbocycles. The van der Waals surface area contributed by atoms with E-state index < -0.39 is 0 Å². The highest BCUT2D eigenvalue weighted by atomic mass is 16.5. The molecule has 136 valence electrons. The first-order chi connectivity index (χ1) is 12.6. The van der Waals surface area contributed by atoms with E-state index in [4.69, 9.17) is 4.74 Å². The SMILES string of the molecule is COc1cc2cc(CNC(=O)C3(C)CC3)[nH]c2cc1CCn1nccn1. The molecule has 1 aliphatic rings. The van der Waals surface area contributed by atoms with Gasteiger partial charge in [-0.1, -0.05) is 6.92 Å². The fraction of sp³-hybridized carbons (Fsp3) is 0.421. The predicted octanol–water partition coefficient (Wildman–Crippen LogP) is 2.43. The van der Waals surface area contributed by atoms with E-state index in [2.05, 4.69) is 32.6 Å². The molecule has 1 amide bonds. The number of benzene rings is 1. The quantitative estimate of drug-likeness (QED) is 0.683. The number of amides is 1. The summed E-state index contributed by atoms with van der Waals surface area (Å²) in [5.74, 6) is 0.992. The molecule has 1 aromatic carbocycles. The van der Waals surface area contributed by atoms with Gasteiger partial charge in [0.15, 0.2) is 0 Å². The average molecular weight is 353 g/mol. The molecule has 2 N–H and O–H groups in total. The molecule has 1 aliphatic carbocycles. The second kappa shape index (κ2) is 6.48. The number of carbonyl (C=O) groups excluding carboxylic acids is 1. The van der Waals surface area contributed by atoms with Crippen molar-refractivity contribution in [1.82, 2.24) is 25.3 Å². The zero-order valence-electron chi connectivity index (χ0n) is 15.1. The zero-order valence-corrected chi connectivity index (χ0v) is 15.1. The van der Waals surface area contributed by atoms with Gasteiger partial charge in [0.2, 0.25) is 5.91 Å². The summed E-state index contributed by atoms with van der Waals surface area (Å²) in [7, 11) is 1.68. The van der Waals surface area contributed by atoms with Gasteiger partial charge in [0.1, 0.15) is 5.75 Å². The Labute approximate surface area is 151 Å². The minimum atomic E-state index is -0.150. The Kier molecular flexibility index (Phi) is 4.14. The molecule has 2 aromatic heterocycles. The number of H-pyrrole nitrogens is 1. The van der Waals surface area contributed by atoms with Crippen molar-refractivity contribution in [2.75, 3.05) is 7.11 Å². The minimum absolute atomic E-state index is 0.140. The highest BCUT2D eigenvalue weighted by Gasteiger charge is 2.44. The third-order valence-corrected chi connectivity index (χ3v) is 5.11. The molecule has 0 spiro atoms. The minimum Gasteiger partial charge on any atom is -0.496 e. The first kappa shape index (κ1) is 16.6. The Morgan fingerprint density at radius 2 is 2.08 bits per heavy atom. The van der Waals surface area contributed by atoms with Crippen molar-refractivity contribution in [1.29, 1.82) is 0 Å². The Hall–Kier alpha value is -2.83. The molecule has 3 aromatic rings. The molecular formula is C19H23N5O2. The third kappa shape index (κ3) is 3.29. The van der Waals surface area contributed by atoms with Crippen molar-refractivity contribution in [3.63, 3.8) is 0 Å². The summed E-state index contributed by atoms with van der Waals surface area (Å²) >= 11 is 0. The van der Waals surface area contributed by atoms with Crippen molar-refractivity contribution >= 4 is 16.8 Å². The number of aryl methyl sites for hydroxylation is 2. The van der Waals surface area contributed by atoms with Crippen LogP contribution in [0.2, 0.25) is 0 Å². The fourth-order valence-electron chi connectivity index (χ4n) is 3.13. The smallest absolute Gasteiger partial charge is 0.226 e. The van der Waals surface area contributed by atoms with E-state index in [1.165, 1.54) is 0 Å². The van der Waals surface area contributed by atoms with Crippen LogP contribution in [0.1, 0.15) is 31.0 Å². The van der Waals surface area contributed by atoms with Gasteiger partial charge in [-0.3, -0.25) is 4.79 Å². The molecule has 1 fully saturated rings. The van der Waals surface area contributed by atoms with Crippen LogP contribution in [-0.2, 0) is 24.3 Å². The lowest BCUT2D eigenvalue weighted by atomic mass is 10.1. The van der Waals surface area contributed by atoms with Crippen molar-refractivity contribution < 1.29 is 9.53 Å². The predicted molar refractivity (Wildman–Crippen MR) is 97.8 cm³/mol. The first-order valence-corrected chi connectivity index (χ1v) is 8.88. The average Bonchev–Trinajstić information content (AvgIpc) is 3.06. The van der Waals surface area contributed by atoms with E-state index in [0.717, 1.165) is 47.2 Å². The summed E-state index contributed by atoms with van der Waals surface area (Å²) in [4.78, 5) is 17.2. The molecule has 0 atom stereocenters. The van der Waals surface area contributed by atoms with E-state index in [0.29, 0.717) is 13.1 Å². The van der Waals surface area contributed by atoms with E-state index in [1.54, 1.807) is 24.3 Å². The Bertz CT molecular complexity index is 925. The van der Waals surface area contributed by atoms with Crippen LogP contribution in [0.5, 0.6) is 5.75 Å². The highest BCUT2D eigenvalue weighted by Crippen LogP contribution is 2.45. The maximum atomic E-state index is 12.1. The number of rotatable bonds is 7. The van der Waals surface area contributed by atoms with Gasteiger partial charge in [-0.15, -0.1) is 0 Å². The van der Waals surface area contributed by atoms with E-state index in [-0.39, 0.29) is 11.3 Å². The number of aromatic amines is 1. The van der Waals surface area contributed by atoms with E-state index >= 15 is 0 Å². The third-order valence-electron chi connectivity index (χ3n) is 5.11. The largest absolute Gasteiger partial charge is 0.496 e. The monoisotopic (exact) mass is 353 g/mol. The molecule has 0 radical (unpaired) electrons.